The van der Waals surface area contributed by atoms with Crippen LogP contribution in [-0.2, 0) is 21.3 Å². The average Bonchev–Trinajstić information content (AvgIpc) is 2.48. The lowest BCUT2D eigenvalue weighted by atomic mass is 10.1. The highest BCUT2D eigenvalue weighted by molar-refractivity contribution is 7.84. The molecule has 0 fully saturated rings. The minimum atomic E-state index is -1.17. The molecule has 1 atom stereocenters. The molecule has 2 aromatic carbocycles. The van der Waals surface area contributed by atoms with Gasteiger partial charge in [-0.3, -0.25) is 4.21 Å². The van der Waals surface area contributed by atoms with Gasteiger partial charge in [-0.15, -0.1) is 0 Å². The Hall–Kier alpha value is -1.94. The molecule has 3 nitrogen and oxygen atoms in total. The number of ether oxygens (including phenoxy) is 1. The maximum absolute atomic E-state index is 12.2. The van der Waals surface area contributed by atoms with Crippen LogP contribution in [0.4, 0.5) is 0 Å². The van der Waals surface area contributed by atoms with Gasteiger partial charge in [-0.2, -0.15) is 0 Å². The van der Waals surface area contributed by atoms with Crippen molar-refractivity contribution in [3.63, 3.8) is 0 Å². The van der Waals surface area contributed by atoms with Crippen molar-refractivity contribution in [1.29, 1.82) is 0 Å². The number of esters is 1. The fourth-order valence-electron chi connectivity index (χ4n) is 1.75. The second-order valence-corrected chi connectivity index (χ2v) is 5.40. The SMILES string of the molecule is COC(=O)c1ccccc1CS(=O)c1ccccc1. The molecule has 0 aliphatic carbocycles. The van der Waals surface area contributed by atoms with Crippen LogP contribution in [-0.4, -0.2) is 17.3 Å². The molecule has 19 heavy (non-hydrogen) atoms. The highest BCUT2D eigenvalue weighted by Crippen LogP contribution is 2.16. The molecule has 2 rings (SSSR count). The zero-order valence-corrected chi connectivity index (χ0v) is 11.4. The van der Waals surface area contributed by atoms with E-state index in [0.717, 1.165) is 10.5 Å². The second-order valence-electron chi connectivity index (χ2n) is 3.95. The lowest BCUT2D eigenvalue weighted by Crippen LogP contribution is -2.07. The predicted octanol–water partition coefficient (Wildman–Crippen LogP) is 2.78. The molecule has 0 aliphatic heterocycles. The van der Waals surface area contributed by atoms with Crippen LogP contribution >= 0.6 is 0 Å². The van der Waals surface area contributed by atoms with Crippen molar-refractivity contribution in [3.8, 4) is 0 Å². The van der Waals surface area contributed by atoms with Gasteiger partial charge in [0.25, 0.3) is 0 Å². The van der Waals surface area contributed by atoms with E-state index in [1.165, 1.54) is 7.11 Å². The van der Waals surface area contributed by atoms with E-state index in [2.05, 4.69) is 0 Å². The van der Waals surface area contributed by atoms with Crippen LogP contribution in [0.25, 0.3) is 0 Å². The van der Waals surface area contributed by atoms with E-state index >= 15 is 0 Å². The Morgan fingerprint density at radius 2 is 1.68 bits per heavy atom. The number of rotatable bonds is 4. The van der Waals surface area contributed by atoms with Gasteiger partial charge in [0.15, 0.2) is 0 Å². The molecule has 0 heterocycles. The molecule has 0 N–H and O–H groups in total. The van der Waals surface area contributed by atoms with Crippen molar-refractivity contribution in [2.75, 3.05) is 7.11 Å². The summed E-state index contributed by atoms with van der Waals surface area (Å²) in [5.41, 5.74) is 1.20. The van der Waals surface area contributed by atoms with E-state index in [4.69, 9.17) is 4.74 Å². The van der Waals surface area contributed by atoms with Crippen LogP contribution in [0.1, 0.15) is 15.9 Å². The summed E-state index contributed by atoms with van der Waals surface area (Å²) in [5.74, 6) is -0.101. The molecule has 0 spiro atoms. The summed E-state index contributed by atoms with van der Waals surface area (Å²) in [7, 11) is 0.170. The molecular formula is C15H14O3S. The Morgan fingerprint density at radius 3 is 2.37 bits per heavy atom. The third-order valence-electron chi connectivity index (χ3n) is 2.72. The van der Waals surface area contributed by atoms with Gasteiger partial charge < -0.3 is 4.74 Å². The lowest BCUT2D eigenvalue weighted by Gasteiger charge is -2.07. The molecule has 2 aromatic rings. The number of hydrogen-bond donors (Lipinski definition) is 0. The summed E-state index contributed by atoms with van der Waals surface area (Å²) in [6.07, 6.45) is 0. The molecule has 4 heteroatoms. The lowest BCUT2D eigenvalue weighted by molar-refractivity contribution is 0.0600. The maximum atomic E-state index is 12.2. The summed E-state index contributed by atoms with van der Waals surface area (Å²) in [4.78, 5) is 12.4. The largest absolute Gasteiger partial charge is 0.465 e. The Bertz CT molecular complexity index is 593. The van der Waals surface area contributed by atoms with E-state index in [1.807, 2.05) is 36.4 Å². The van der Waals surface area contributed by atoms with Crippen molar-refractivity contribution in [1.82, 2.24) is 0 Å². The number of hydrogen-bond acceptors (Lipinski definition) is 3. The van der Waals surface area contributed by atoms with Gasteiger partial charge in [-0.05, 0) is 23.8 Å². The molecule has 1 unspecified atom stereocenters. The van der Waals surface area contributed by atoms with Crippen molar-refractivity contribution >= 4 is 16.8 Å². The van der Waals surface area contributed by atoms with E-state index in [1.54, 1.807) is 18.2 Å². The molecule has 0 saturated carbocycles. The molecule has 0 bridgehead atoms. The molecule has 98 valence electrons. The predicted molar refractivity (Wildman–Crippen MR) is 74.3 cm³/mol. The Kier molecular flexibility index (Phi) is 4.47. The van der Waals surface area contributed by atoms with E-state index in [9.17, 15) is 9.00 Å². The zero-order chi connectivity index (χ0) is 13.7. The average molecular weight is 274 g/mol. The fourth-order valence-corrected chi connectivity index (χ4v) is 2.91. The standard InChI is InChI=1S/C15H14O3S/c1-18-15(16)14-10-6-5-7-12(14)11-19(17)13-8-3-2-4-9-13/h2-10H,11H2,1H3. The summed E-state index contributed by atoms with van der Waals surface area (Å²) in [5, 5.41) is 0. The Morgan fingerprint density at radius 1 is 1.05 bits per heavy atom. The summed E-state index contributed by atoms with van der Waals surface area (Å²) in [6, 6.07) is 16.3. The summed E-state index contributed by atoms with van der Waals surface area (Å²) in [6.45, 7) is 0. The van der Waals surface area contributed by atoms with Crippen LogP contribution in [0.15, 0.2) is 59.5 Å². The Balaban J connectivity index is 2.25. The topological polar surface area (TPSA) is 43.4 Å². The van der Waals surface area contributed by atoms with E-state index in [-0.39, 0.29) is 0 Å². The molecule has 0 saturated heterocycles. The van der Waals surface area contributed by atoms with Crippen molar-refractivity contribution < 1.29 is 13.7 Å². The van der Waals surface area contributed by atoms with Crippen LogP contribution in [0.2, 0.25) is 0 Å². The number of benzene rings is 2. The summed E-state index contributed by atoms with van der Waals surface area (Å²) < 4.78 is 17.0. The van der Waals surface area contributed by atoms with E-state index in [0.29, 0.717) is 11.3 Å². The van der Waals surface area contributed by atoms with Gasteiger partial charge >= 0.3 is 5.97 Å². The number of methoxy groups -OCH3 is 1. The highest BCUT2D eigenvalue weighted by atomic mass is 32.2. The van der Waals surface area contributed by atoms with Crippen molar-refractivity contribution in [3.05, 3.63) is 65.7 Å². The van der Waals surface area contributed by atoms with Gasteiger partial charge in [0, 0.05) is 4.90 Å². The van der Waals surface area contributed by atoms with Crippen molar-refractivity contribution in [2.45, 2.75) is 10.6 Å². The monoisotopic (exact) mass is 274 g/mol. The minimum absolute atomic E-state index is 0.301. The molecule has 0 aliphatic rings. The zero-order valence-electron chi connectivity index (χ0n) is 10.5. The molecule has 0 aromatic heterocycles. The first-order valence-corrected chi connectivity index (χ1v) is 7.14. The van der Waals surface area contributed by atoms with Crippen LogP contribution in [0.3, 0.4) is 0 Å². The first-order valence-electron chi connectivity index (χ1n) is 5.82. The summed E-state index contributed by atoms with van der Waals surface area (Å²) >= 11 is 0. The van der Waals surface area contributed by atoms with Gasteiger partial charge in [0.05, 0.1) is 29.2 Å². The van der Waals surface area contributed by atoms with Gasteiger partial charge in [0.2, 0.25) is 0 Å². The second kappa shape index (κ2) is 6.29. The van der Waals surface area contributed by atoms with Crippen molar-refractivity contribution in [2.24, 2.45) is 0 Å². The van der Waals surface area contributed by atoms with E-state index < -0.39 is 16.8 Å². The number of carbonyl (C=O) groups is 1. The third-order valence-corrected chi connectivity index (χ3v) is 4.09. The fraction of sp³-hybridized carbons (Fsp3) is 0.133. The van der Waals surface area contributed by atoms with Crippen LogP contribution < -0.4 is 0 Å². The normalized spacial score (nSPS) is 11.8. The van der Waals surface area contributed by atoms with Gasteiger partial charge in [-0.25, -0.2) is 4.79 Å². The quantitative estimate of drug-likeness (QED) is 0.805. The smallest absolute Gasteiger partial charge is 0.338 e. The highest BCUT2D eigenvalue weighted by Gasteiger charge is 2.13. The molecular weight excluding hydrogens is 260 g/mol. The van der Waals surface area contributed by atoms with Gasteiger partial charge in [-0.1, -0.05) is 36.4 Å². The van der Waals surface area contributed by atoms with Crippen LogP contribution in [0, 0.1) is 0 Å². The Labute approximate surface area is 114 Å². The molecule has 0 amide bonds. The third kappa shape index (κ3) is 3.29. The maximum Gasteiger partial charge on any atom is 0.338 e. The minimum Gasteiger partial charge on any atom is -0.465 e. The molecule has 0 radical (unpaired) electrons. The number of carbonyl (C=O) groups excluding carboxylic acids is 1. The first-order chi connectivity index (χ1) is 9.22. The first kappa shape index (κ1) is 13.5. The van der Waals surface area contributed by atoms with Gasteiger partial charge in [0.1, 0.15) is 0 Å². The van der Waals surface area contributed by atoms with Crippen LogP contribution in [0.5, 0.6) is 0 Å².